The molecule has 1 aromatic carbocycles. The summed E-state index contributed by atoms with van der Waals surface area (Å²) in [4.78, 5) is 4.56. The molecular weight excluding hydrogens is 260 g/mol. The van der Waals surface area contributed by atoms with Crippen molar-refractivity contribution in [2.24, 2.45) is 0 Å². The second kappa shape index (κ2) is 5.93. The van der Waals surface area contributed by atoms with Crippen molar-refractivity contribution in [2.45, 2.75) is 19.9 Å². The first-order valence-corrected chi connectivity index (χ1v) is 6.96. The number of methoxy groups -OCH3 is 2. The van der Waals surface area contributed by atoms with E-state index in [-0.39, 0.29) is 0 Å². The molecule has 1 N–H and O–H groups in total. The average Bonchev–Trinajstić information content (AvgIpc) is 2.85. The molecule has 0 spiro atoms. The molecule has 0 fully saturated rings. The van der Waals surface area contributed by atoms with Gasteiger partial charge < -0.3 is 14.8 Å². The quantitative estimate of drug-likeness (QED) is 0.906. The third kappa shape index (κ3) is 3.17. The second-order valence-electron chi connectivity index (χ2n) is 4.41. The monoisotopic (exact) mass is 278 g/mol. The first kappa shape index (κ1) is 13.7. The molecule has 2 aromatic rings. The van der Waals surface area contributed by atoms with Gasteiger partial charge in [0.1, 0.15) is 0 Å². The zero-order chi connectivity index (χ0) is 13.8. The summed E-state index contributed by atoms with van der Waals surface area (Å²) in [7, 11) is 3.26. The Bertz CT molecular complexity index is 552. The summed E-state index contributed by atoms with van der Waals surface area (Å²) in [6.07, 6.45) is 0. The normalized spacial score (nSPS) is 10.6. The highest BCUT2D eigenvalue weighted by atomic mass is 32.1. The van der Waals surface area contributed by atoms with E-state index in [1.54, 1.807) is 25.6 Å². The SMILES string of the molecule is COc1ccc(-c2csc(NC(C)C)n2)cc1OC. The Labute approximate surface area is 117 Å². The predicted octanol–water partition coefficient (Wildman–Crippen LogP) is 3.65. The van der Waals surface area contributed by atoms with E-state index in [1.165, 1.54) is 0 Å². The topological polar surface area (TPSA) is 43.4 Å². The standard InChI is InChI=1S/C14H18N2O2S/c1-9(2)15-14-16-11(8-19-14)10-5-6-12(17-3)13(7-10)18-4/h5-9H,1-4H3,(H,15,16). The van der Waals surface area contributed by atoms with Crippen molar-refractivity contribution < 1.29 is 9.47 Å². The van der Waals surface area contributed by atoms with Gasteiger partial charge in [-0.05, 0) is 32.0 Å². The number of hydrogen-bond donors (Lipinski definition) is 1. The molecule has 19 heavy (non-hydrogen) atoms. The molecule has 0 aliphatic rings. The van der Waals surface area contributed by atoms with Gasteiger partial charge in [0.2, 0.25) is 0 Å². The Kier molecular flexibility index (Phi) is 4.27. The minimum atomic E-state index is 0.379. The lowest BCUT2D eigenvalue weighted by Crippen LogP contribution is -2.08. The summed E-state index contributed by atoms with van der Waals surface area (Å²) in [6.45, 7) is 4.19. The number of hydrogen-bond acceptors (Lipinski definition) is 5. The van der Waals surface area contributed by atoms with Crippen LogP contribution < -0.4 is 14.8 Å². The Morgan fingerprint density at radius 1 is 1.16 bits per heavy atom. The fourth-order valence-electron chi connectivity index (χ4n) is 1.72. The Morgan fingerprint density at radius 3 is 2.53 bits per heavy atom. The van der Waals surface area contributed by atoms with E-state index in [0.29, 0.717) is 11.8 Å². The van der Waals surface area contributed by atoms with Crippen LogP contribution in [0.1, 0.15) is 13.8 Å². The van der Waals surface area contributed by atoms with Gasteiger partial charge in [-0.2, -0.15) is 0 Å². The first-order valence-electron chi connectivity index (χ1n) is 6.08. The molecule has 4 nitrogen and oxygen atoms in total. The number of nitrogens with zero attached hydrogens (tertiary/aromatic N) is 1. The lowest BCUT2D eigenvalue weighted by molar-refractivity contribution is 0.355. The first-order chi connectivity index (χ1) is 9.13. The maximum absolute atomic E-state index is 5.30. The van der Waals surface area contributed by atoms with Crippen molar-refractivity contribution in [1.82, 2.24) is 4.98 Å². The summed E-state index contributed by atoms with van der Waals surface area (Å²) < 4.78 is 10.5. The molecule has 1 heterocycles. The number of nitrogens with one attached hydrogen (secondary N) is 1. The summed E-state index contributed by atoms with van der Waals surface area (Å²) in [5, 5.41) is 6.26. The van der Waals surface area contributed by atoms with E-state index >= 15 is 0 Å². The van der Waals surface area contributed by atoms with E-state index in [0.717, 1.165) is 22.1 Å². The van der Waals surface area contributed by atoms with Crippen molar-refractivity contribution in [1.29, 1.82) is 0 Å². The van der Waals surface area contributed by atoms with Crippen LogP contribution in [0.4, 0.5) is 5.13 Å². The molecule has 0 aliphatic heterocycles. The van der Waals surface area contributed by atoms with E-state index in [4.69, 9.17) is 9.47 Å². The molecule has 0 amide bonds. The lowest BCUT2D eigenvalue weighted by atomic mass is 10.1. The molecule has 0 saturated carbocycles. The highest BCUT2D eigenvalue weighted by Crippen LogP contribution is 2.33. The number of thiazole rings is 1. The van der Waals surface area contributed by atoms with E-state index < -0.39 is 0 Å². The largest absolute Gasteiger partial charge is 0.493 e. The van der Waals surface area contributed by atoms with Crippen LogP contribution in [0.2, 0.25) is 0 Å². The van der Waals surface area contributed by atoms with Gasteiger partial charge in [0.15, 0.2) is 16.6 Å². The fourth-order valence-corrected chi connectivity index (χ4v) is 2.58. The molecule has 5 heteroatoms. The second-order valence-corrected chi connectivity index (χ2v) is 5.26. The highest BCUT2D eigenvalue weighted by molar-refractivity contribution is 7.14. The van der Waals surface area contributed by atoms with Crippen LogP contribution in [-0.4, -0.2) is 25.2 Å². The number of rotatable bonds is 5. The van der Waals surface area contributed by atoms with Gasteiger partial charge in [0, 0.05) is 17.0 Å². The average molecular weight is 278 g/mol. The zero-order valence-electron chi connectivity index (χ0n) is 11.6. The Morgan fingerprint density at radius 2 is 1.89 bits per heavy atom. The summed E-state index contributed by atoms with van der Waals surface area (Å²) >= 11 is 1.60. The van der Waals surface area contributed by atoms with E-state index in [2.05, 4.69) is 24.1 Å². The Hall–Kier alpha value is -1.75. The third-order valence-corrected chi connectivity index (χ3v) is 3.37. The summed E-state index contributed by atoms with van der Waals surface area (Å²) in [5.74, 6) is 1.44. The van der Waals surface area contributed by atoms with Crippen molar-refractivity contribution in [2.75, 3.05) is 19.5 Å². The van der Waals surface area contributed by atoms with Crippen molar-refractivity contribution >= 4 is 16.5 Å². The van der Waals surface area contributed by atoms with Crippen LogP contribution in [0.15, 0.2) is 23.6 Å². The van der Waals surface area contributed by atoms with Gasteiger partial charge in [-0.1, -0.05) is 0 Å². The molecule has 2 rings (SSSR count). The maximum Gasteiger partial charge on any atom is 0.183 e. The number of anilines is 1. The highest BCUT2D eigenvalue weighted by Gasteiger charge is 2.09. The van der Waals surface area contributed by atoms with Crippen LogP contribution in [0.3, 0.4) is 0 Å². The third-order valence-electron chi connectivity index (χ3n) is 2.60. The zero-order valence-corrected chi connectivity index (χ0v) is 12.4. The smallest absolute Gasteiger partial charge is 0.183 e. The maximum atomic E-state index is 5.30. The number of aromatic nitrogens is 1. The molecule has 0 bridgehead atoms. The number of ether oxygens (including phenoxy) is 2. The van der Waals surface area contributed by atoms with Crippen LogP contribution in [-0.2, 0) is 0 Å². The lowest BCUT2D eigenvalue weighted by Gasteiger charge is -2.08. The van der Waals surface area contributed by atoms with Crippen molar-refractivity contribution in [3.8, 4) is 22.8 Å². The van der Waals surface area contributed by atoms with Gasteiger partial charge in [-0.15, -0.1) is 11.3 Å². The minimum absolute atomic E-state index is 0.379. The van der Waals surface area contributed by atoms with E-state index in [9.17, 15) is 0 Å². The number of benzene rings is 1. The molecule has 0 radical (unpaired) electrons. The summed E-state index contributed by atoms with van der Waals surface area (Å²) in [6, 6.07) is 6.19. The van der Waals surface area contributed by atoms with Crippen molar-refractivity contribution in [3.63, 3.8) is 0 Å². The van der Waals surface area contributed by atoms with Gasteiger partial charge in [0.25, 0.3) is 0 Å². The van der Waals surface area contributed by atoms with Crippen LogP contribution >= 0.6 is 11.3 Å². The molecule has 0 saturated heterocycles. The Balaban J connectivity index is 2.28. The summed E-state index contributed by atoms with van der Waals surface area (Å²) in [5.41, 5.74) is 1.96. The van der Waals surface area contributed by atoms with Gasteiger partial charge in [-0.3, -0.25) is 0 Å². The molecule has 1 aromatic heterocycles. The van der Waals surface area contributed by atoms with Crippen LogP contribution in [0.25, 0.3) is 11.3 Å². The molecule has 102 valence electrons. The van der Waals surface area contributed by atoms with E-state index in [1.807, 2.05) is 23.6 Å². The van der Waals surface area contributed by atoms with Gasteiger partial charge in [0.05, 0.1) is 19.9 Å². The van der Waals surface area contributed by atoms with Gasteiger partial charge >= 0.3 is 0 Å². The minimum Gasteiger partial charge on any atom is -0.493 e. The van der Waals surface area contributed by atoms with Gasteiger partial charge in [-0.25, -0.2) is 4.98 Å². The van der Waals surface area contributed by atoms with Crippen LogP contribution in [0.5, 0.6) is 11.5 Å². The fraction of sp³-hybridized carbons (Fsp3) is 0.357. The molecule has 0 aliphatic carbocycles. The van der Waals surface area contributed by atoms with Crippen LogP contribution in [0, 0.1) is 0 Å². The molecular formula is C14H18N2O2S. The molecule has 0 unspecified atom stereocenters. The predicted molar refractivity (Wildman–Crippen MR) is 79.4 cm³/mol. The van der Waals surface area contributed by atoms with Crippen molar-refractivity contribution in [3.05, 3.63) is 23.6 Å². The molecule has 0 atom stereocenters.